The van der Waals surface area contributed by atoms with E-state index in [0.717, 1.165) is 28.7 Å². The van der Waals surface area contributed by atoms with Gasteiger partial charge in [-0.05, 0) is 42.8 Å². The van der Waals surface area contributed by atoms with Gasteiger partial charge in [-0.15, -0.1) is 0 Å². The number of fused-ring (bicyclic) bond motifs is 3. The van der Waals surface area contributed by atoms with E-state index < -0.39 is 30.4 Å². The number of rotatable bonds is 7. The third-order valence-electron chi connectivity index (χ3n) is 6.52. The number of hydrogen-bond acceptors (Lipinski definition) is 5. The van der Waals surface area contributed by atoms with Crippen molar-refractivity contribution in [3.05, 3.63) is 59.7 Å². The Balaban J connectivity index is 1.41. The summed E-state index contributed by atoms with van der Waals surface area (Å²) in [5.41, 5.74) is 4.39. The number of ether oxygens (including phenoxy) is 1. The fourth-order valence-corrected chi connectivity index (χ4v) is 4.74. The Kier molecular flexibility index (Phi) is 6.65. The Bertz CT molecular complexity index is 1010. The van der Waals surface area contributed by atoms with Crippen LogP contribution in [0.2, 0.25) is 0 Å². The van der Waals surface area contributed by atoms with Crippen LogP contribution in [0.4, 0.5) is 4.79 Å². The zero-order chi connectivity index (χ0) is 23.5. The van der Waals surface area contributed by atoms with Gasteiger partial charge < -0.3 is 25.0 Å². The van der Waals surface area contributed by atoms with Gasteiger partial charge >= 0.3 is 12.1 Å². The number of aliphatic carboxylic acids is 1. The van der Waals surface area contributed by atoms with E-state index in [1.807, 2.05) is 67.5 Å². The highest BCUT2D eigenvalue weighted by atomic mass is 16.5. The number of carbonyl (C=O) groups is 3. The molecule has 2 aliphatic rings. The molecule has 1 heterocycles. The van der Waals surface area contributed by atoms with E-state index in [-0.39, 0.29) is 18.6 Å². The Morgan fingerprint density at radius 2 is 1.70 bits per heavy atom. The molecular formula is C25H29N3O5. The average molecular weight is 452 g/mol. The van der Waals surface area contributed by atoms with Crippen molar-refractivity contribution in [2.75, 3.05) is 33.8 Å². The first-order valence-corrected chi connectivity index (χ1v) is 11.1. The van der Waals surface area contributed by atoms with Gasteiger partial charge in [0.25, 0.3) is 0 Å². The van der Waals surface area contributed by atoms with Crippen molar-refractivity contribution in [2.45, 2.75) is 30.8 Å². The number of likely N-dealkylation sites (N-methyl/N-ethyl adjacent to an activating group) is 1. The summed E-state index contributed by atoms with van der Waals surface area (Å²) in [6.07, 6.45) is -0.477. The number of hydrogen-bond donors (Lipinski definition) is 2. The maximum atomic E-state index is 12.9. The molecule has 0 aromatic heterocycles. The second-order valence-corrected chi connectivity index (χ2v) is 8.81. The Hall–Kier alpha value is -3.39. The predicted octanol–water partition coefficient (Wildman–Crippen LogP) is 2.53. The van der Waals surface area contributed by atoms with Crippen LogP contribution in [0.5, 0.6) is 0 Å². The third-order valence-corrected chi connectivity index (χ3v) is 6.52. The van der Waals surface area contributed by atoms with Crippen molar-refractivity contribution in [1.29, 1.82) is 0 Å². The van der Waals surface area contributed by atoms with E-state index in [2.05, 4.69) is 5.32 Å². The number of benzene rings is 2. The van der Waals surface area contributed by atoms with Crippen molar-refractivity contribution in [2.24, 2.45) is 0 Å². The van der Waals surface area contributed by atoms with Crippen LogP contribution < -0.4 is 5.32 Å². The summed E-state index contributed by atoms with van der Waals surface area (Å²) in [5, 5.41) is 11.8. The zero-order valence-corrected chi connectivity index (χ0v) is 18.9. The fourth-order valence-electron chi connectivity index (χ4n) is 4.74. The Morgan fingerprint density at radius 3 is 2.24 bits per heavy atom. The molecule has 174 valence electrons. The van der Waals surface area contributed by atoms with Gasteiger partial charge in [0, 0.05) is 25.0 Å². The molecule has 2 atom stereocenters. The van der Waals surface area contributed by atoms with Crippen LogP contribution in [0.1, 0.15) is 29.9 Å². The molecule has 1 saturated heterocycles. The lowest BCUT2D eigenvalue weighted by atomic mass is 9.98. The van der Waals surface area contributed by atoms with Crippen LogP contribution in [0.15, 0.2) is 48.5 Å². The monoisotopic (exact) mass is 451 g/mol. The number of nitrogens with one attached hydrogen (secondary N) is 1. The Morgan fingerprint density at radius 1 is 1.09 bits per heavy atom. The van der Waals surface area contributed by atoms with Gasteiger partial charge in [-0.3, -0.25) is 9.59 Å². The summed E-state index contributed by atoms with van der Waals surface area (Å²) in [6, 6.07) is 15.1. The number of nitrogens with zero attached hydrogens (tertiary/aromatic N) is 2. The van der Waals surface area contributed by atoms with Crippen molar-refractivity contribution >= 4 is 18.0 Å². The minimum atomic E-state index is -1.17. The number of likely N-dealkylation sites (tertiary alicyclic amines) is 1. The van der Waals surface area contributed by atoms with E-state index in [4.69, 9.17) is 4.74 Å². The minimum Gasteiger partial charge on any atom is -0.481 e. The van der Waals surface area contributed by atoms with Crippen LogP contribution in [0, 0.1) is 0 Å². The lowest BCUT2D eigenvalue weighted by molar-refractivity contribution is -0.142. The highest BCUT2D eigenvalue weighted by Gasteiger charge is 2.34. The second kappa shape index (κ2) is 9.62. The largest absolute Gasteiger partial charge is 0.481 e. The van der Waals surface area contributed by atoms with E-state index in [0.29, 0.717) is 13.1 Å². The van der Waals surface area contributed by atoms with E-state index in [1.54, 1.807) is 4.90 Å². The summed E-state index contributed by atoms with van der Waals surface area (Å²) < 4.78 is 5.50. The van der Waals surface area contributed by atoms with E-state index in [1.165, 1.54) is 0 Å². The van der Waals surface area contributed by atoms with Gasteiger partial charge in [-0.1, -0.05) is 48.5 Å². The number of carbonyl (C=O) groups excluding carboxylic acids is 2. The minimum absolute atomic E-state index is 0.0975. The van der Waals surface area contributed by atoms with Gasteiger partial charge in [-0.2, -0.15) is 0 Å². The number of carboxylic acid groups (broad SMARTS) is 1. The van der Waals surface area contributed by atoms with Crippen molar-refractivity contribution in [3.63, 3.8) is 0 Å². The lowest BCUT2D eigenvalue weighted by Crippen LogP contribution is -2.49. The zero-order valence-electron chi connectivity index (χ0n) is 18.9. The lowest BCUT2D eigenvalue weighted by Gasteiger charge is -2.25. The molecule has 0 radical (unpaired) electrons. The summed E-state index contributed by atoms with van der Waals surface area (Å²) >= 11 is 0. The van der Waals surface area contributed by atoms with Crippen LogP contribution in [0.25, 0.3) is 11.1 Å². The maximum absolute atomic E-state index is 12.9. The first-order chi connectivity index (χ1) is 15.8. The van der Waals surface area contributed by atoms with Gasteiger partial charge in [0.2, 0.25) is 5.91 Å². The van der Waals surface area contributed by atoms with Gasteiger partial charge in [0.1, 0.15) is 12.6 Å². The predicted molar refractivity (Wildman–Crippen MR) is 123 cm³/mol. The molecule has 2 aromatic rings. The molecule has 0 saturated carbocycles. The fraction of sp³-hybridized carbons (Fsp3) is 0.400. The summed E-state index contributed by atoms with van der Waals surface area (Å²) in [7, 11) is 3.89. The molecule has 1 aliphatic carbocycles. The molecule has 2 amide bonds. The van der Waals surface area contributed by atoms with Gasteiger partial charge in [-0.25, -0.2) is 4.79 Å². The van der Waals surface area contributed by atoms with Crippen molar-refractivity contribution in [3.8, 4) is 11.1 Å². The molecule has 1 aliphatic heterocycles. The summed E-state index contributed by atoms with van der Waals surface area (Å²) in [5.74, 6) is -1.66. The molecule has 1 fully saturated rings. The highest BCUT2D eigenvalue weighted by Crippen LogP contribution is 2.44. The number of carboxylic acids is 1. The summed E-state index contributed by atoms with van der Waals surface area (Å²) in [4.78, 5) is 40.6. The SMILES string of the molecule is CN(C)C1CCN(C(=O)C(CC(=O)O)NC(=O)OCC2c3ccccc3-c3ccccc32)C1. The van der Waals surface area contributed by atoms with Crippen LogP contribution in [-0.2, 0) is 14.3 Å². The first-order valence-electron chi connectivity index (χ1n) is 11.1. The molecule has 2 N–H and O–H groups in total. The smallest absolute Gasteiger partial charge is 0.407 e. The van der Waals surface area contributed by atoms with Crippen LogP contribution in [0.3, 0.4) is 0 Å². The normalized spacial score (nSPS) is 18.0. The molecule has 2 aromatic carbocycles. The number of amides is 2. The second-order valence-electron chi connectivity index (χ2n) is 8.81. The number of alkyl carbamates (subject to hydrolysis) is 1. The molecular weight excluding hydrogens is 422 g/mol. The molecule has 0 spiro atoms. The average Bonchev–Trinajstić information content (AvgIpc) is 3.40. The molecule has 8 nitrogen and oxygen atoms in total. The summed E-state index contributed by atoms with van der Waals surface area (Å²) in [6.45, 7) is 1.14. The molecule has 0 bridgehead atoms. The molecule has 2 unspecified atom stereocenters. The third kappa shape index (κ3) is 4.85. The van der Waals surface area contributed by atoms with Gasteiger partial charge in [0.15, 0.2) is 0 Å². The van der Waals surface area contributed by atoms with Crippen molar-refractivity contribution < 1.29 is 24.2 Å². The van der Waals surface area contributed by atoms with Crippen molar-refractivity contribution in [1.82, 2.24) is 15.1 Å². The Labute approximate surface area is 193 Å². The molecule has 4 rings (SSSR count). The van der Waals surface area contributed by atoms with Gasteiger partial charge in [0.05, 0.1) is 6.42 Å². The van der Waals surface area contributed by atoms with Crippen LogP contribution in [-0.4, -0.2) is 78.8 Å². The topological polar surface area (TPSA) is 99.2 Å². The molecule has 33 heavy (non-hydrogen) atoms. The highest BCUT2D eigenvalue weighted by molar-refractivity contribution is 5.89. The van der Waals surface area contributed by atoms with E-state index in [9.17, 15) is 19.5 Å². The standard InChI is InChI=1S/C25H29N3O5/c1-27(2)16-11-12-28(14-16)24(31)22(13-23(29)30)26-25(32)33-15-21-19-9-5-3-7-17(19)18-8-4-6-10-20(18)21/h3-10,16,21-22H,11-15H2,1-2H3,(H,26,32)(H,29,30). The van der Waals surface area contributed by atoms with Crippen LogP contribution >= 0.6 is 0 Å². The quantitative estimate of drug-likeness (QED) is 0.671. The first kappa shape index (κ1) is 22.8. The maximum Gasteiger partial charge on any atom is 0.407 e. The van der Waals surface area contributed by atoms with E-state index >= 15 is 0 Å². The molecule has 8 heteroatoms.